The lowest BCUT2D eigenvalue weighted by Gasteiger charge is -2.26. The van der Waals surface area contributed by atoms with Crippen LogP contribution in [0.15, 0.2) is 48.5 Å². The van der Waals surface area contributed by atoms with Gasteiger partial charge in [-0.3, -0.25) is 4.79 Å². The molecule has 1 amide bonds. The molecule has 142 valence electrons. The second-order valence-electron chi connectivity index (χ2n) is 7.46. The van der Waals surface area contributed by atoms with Crippen LogP contribution in [0.3, 0.4) is 0 Å². The average Bonchev–Trinajstić information content (AvgIpc) is 3.01. The number of nitrogens with zero attached hydrogens (tertiary/aromatic N) is 1. The summed E-state index contributed by atoms with van der Waals surface area (Å²) in [5, 5.41) is 3.22. The molecule has 3 heterocycles. The Morgan fingerprint density at radius 1 is 1.04 bits per heavy atom. The van der Waals surface area contributed by atoms with Gasteiger partial charge in [0.05, 0.1) is 7.11 Å². The maximum absolute atomic E-state index is 12.6. The Balaban J connectivity index is 1.37. The molecule has 1 atom stereocenters. The van der Waals surface area contributed by atoms with Crippen molar-refractivity contribution in [3.05, 3.63) is 54.1 Å². The van der Waals surface area contributed by atoms with Gasteiger partial charge in [0, 0.05) is 24.2 Å². The Bertz CT molecular complexity index is 768. The van der Waals surface area contributed by atoms with Gasteiger partial charge < -0.3 is 19.7 Å². The Morgan fingerprint density at radius 3 is 2.52 bits per heavy atom. The summed E-state index contributed by atoms with van der Waals surface area (Å²) in [6.45, 7) is 3.32. The molecule has 0 spiro atoms. The molecule has 2 bridgehead atoms. The molecule has 2 aromatic carbocycles. The topological polar surface area (TPSA) is 50.8 Å². The molecule has 2 aromatic rings. The van der Waals surface area contributed by atoms with E-state index in [1.807, 2.05) is 48.5 Å². The summed E-state index contributed by atoms with van der Waals surface area (Å²) in [4.78, 5) is 15.1. The summed E-state index contributed by atoms with van der Waals surface area (Å²) in [5.41, 5.74) is 0.666. The molecule has 3 fully saturated rings. The van der Waals surface area contributed by atoms with Crippen molar-refractivity contribution in [2.45, 2.75) is 25.3 Å². The molecule has 3 saturated heterocycles. The zero-order valence-electron chi connectivity index (χ0n) is 15.7. The first-order valence-electron chi connectivity index (χ1n) is 9.65. The van der Waals surface area contributed by atoms with Crippen LogP contribution in [0.1, 0.15) is 29.6 Å². The third kappa shape index (κ3) is 4.42. The van der Waals surface area contributed by atoms with Crippen LogP contribution in [0, 0.1) is 5.92 Å². The number of nitrogens with one attached hydrogen (secondary N) is 1. The monoisotopic (exact) mass is 366 g/mol. The first-order chi connectivity index (χ1) is 13.2. The van der Waals surface area contributed by atoms with Crippen molar-refractivity contribution in [2.24, 2.45) is 5.92 Å². The van der Waals surface area contributed by atoms with E-state index in [0.29, 0.717) is 17.1 Å². The fourth-order valence-corrected chi connectivity index (χ4v) is 4.04. The maximum Gasteiger partial charge on any atom is 0.251 e. The fraction of sp³-hybridized carbons (Fsp3) is 0.409. The van der Waals surface area contributed by atoms with E-state index in [9.17, 15) is 4.79 Å². The SMILES string of the molecule is COc1cccc(Oc2ccc(C(=O)NC3CC4CCN(CC4)C3)cc2)c1. The molecule has 0 aliphatic carbocycles. The number of piperidine rings is 1. The van der Waals surface area contributed by atoms with E-state index in [2.05, 4.69) is 10.2 Å². The number of amides is 1. The summed E-state index contributed by atoms with van der Waals surface area (Å²) in [6.07, 6.45) is 3.63. The Morgan fingerprint density at radius 2 is 1.78 bits per heavy atom. The Labute approximate surface area is 160 Å². The second kappa shape index (κ2) is 8.01. The molecular weight excluding hydrogens is 340 g/mol. The number of benzene rings is 2. The molecule has 0 radical (unpaired) electrons. The molecule has 1 N–H and O–H groups in total. The van der Waals surface area contributed by atoms with Crippen molar-refractivity contribution in [3.8, 4) is 17.2 Å². The third-order valence-corrected chi connectivity index (χ3v) is 5.53. The number of fused-ring (bicyclic) bond motifs is 4. The van der Waals surface area contributed by atoms with Crippen LogP contribution in [-0.4, -0.2) is 43.6 Å². The summed E-state index contributed by atoms with van der Waals surface area (Å²) < 4.78 is 11.0. The van der Waals surface area contributed by atoms with Crippen molar-refractivity contribution in [3.63, 3.8) is 0 Å². The lowest BCUT2D eigenvalue weighted by atomic mass is 9.94. The lowest BCUT2D eigenvalue weighted by molar-refractivity contribution is 0.0929. The van der Waals surface area contributed by atoms with Gasteiger partial charge in [-0.2, -0.15) is 0 Å². The molecule has 3 aliphatic heterocycles. The standard InChI is InChI=1S/C22H26N2O3/c1-26-20-3-2-4-21(14-20)27-19-7-5-17(6-8-19)22(25)23-18-13-16-9-11-24(15-18)12-10-16/h2-8,14,16,18H,9-13,15H2,1H3,(H,23,25). The predicted molar refractivity (Wildman–Crippen MR) is 105 cm³/mol. The highest BCUT2D eigenvalue weighted by molar-refractivity contribution is 5.94. The van der Waals surface area contributed by atoms with Gasteiger partial charge in [0.1, 0.15) is 17.2 Å². The summed E-state index contributed by atoms with van der Waals surface area (Å²) >= 11 is 0. The van der Waals surface area contributed by atoms with Crippen molar-refractivity contribution in [1.29, 1.82) is 0 Å². The zero-order valence-corrected chi connectivity index (χ0v) is 15.7. The van der Waals surface area contributed by atoms with Gasteiger partial charge in [-0.15, -0.1) is 0 Å². The highest BCUT2D eigenvalue weighted by Gasteiger charge is 2.29. The molecule has 3 aliphatic rings. The minimum atomic E-state index is -0.00423. The molecule has 5 nitrogen and oxygen atoms in total. The summed E-state index contributed by atoms with van der Waals surface area (Å²) in [7, 11) is 1.63. The number of ether oxygens (including phenoxy) is 2. The average molecular weight is 366 g/mol. The van der Waals surface area contributed by atoms with Crippen LogP contribution >= 0.6 is 0 Å². The maximum atomic E-state index is 12.6. The molecule has 27 heavy (non-hydrogen) atoms. The van der Waals surface area contributed by atoms with E-state index >= 15 is 0 Å². The van der Waals surface area contributed by atoms with Crippen molar-refractivity contribution in [1.82, 2.24) is 10.2 Å². The normalized spacial score (nSPS) is 24.1. The van der Waals surface area contributed by atoms with Gasteiger partial charge >= 0.3 is 0 Å². The summed E-state index contributed by atoms with van der Waals surface area (Å²) in [5.74, 6) is 2.90. The van der Waals surface area contributed by atoms with Crippen molar-refractivity contribution < 1.29 is 14.3 Å². The Hall–Kier alpha value is -2.53. The van der Waals surface area contributed by atoms with Crippen LogP contribution in [0.5, 0.6) is 17.2 Å². The van der Waals surface area contributed by atoms with Crippen LogP contribution in [0.2, 0.25) is 0 Å². The second-order valence-corrected chi connectivity index (χ2v) is 7.46. The zero-order chi connectivity index (χ0) is 18.6. The van der Waals surface area contributed by atoms with Crippen molar-refractivity contribution in [2.75, 3.05) is 26.7 Å². The minimum absolute atomic E-state index is 0.00423. The van der Waals surface area contributed by atoms with E-state index in [4.69, 9.17) is 9.47 Å². The van der Waals surface area contributed by atoms with E-state index < -0.39 is 0 Å². The van der Waals surface area contributed by atoms with E-state index in [1.165, 1.54) is 25.9 Å². The number of carbonyl (C=O) groups excluding carboxylic acids is 1. The van der Waals surface area contributed by atoms with E-state index in [-0.39, 0.29) is 11.9 Å². The third-order valence-electron chi connectivity index (χ3n) is 5.53. The minimum Gasteiger partial charge on any atom is -0.497 e. The van der Waals surface area contributed by atoms with Crippen molar-refractivity contribution >= 4 is 5.91 Å². The van der Waals surface area contributed by atoms with Gasteiger partial charge in [0.15, 0.2) is 0 Å². The quantitative estimate of drug-likeness (QED) is 0.877. The lowest BCUT2D eigenvalue weighted by Crippen LogP contribution is -2.41. The number of hydrogen-bond donors (Lipinski definition) is 1. The van der Waals surface area contributed by atoms with Gasteiger partial charge in [-0.25, -0.2) is 0 Å². The van der Waals surface area contributed by atoms with Crippen LogP contribution in [0.25, 0.3) is 0 Å². The highest BCUT2D eigenvalue weighted by Crippen LogP contribution is 2.27. The predicted octanol–water partition coefficient (Wildman–Crippen LogP) is 3.70. The largest absolute Gasteiger partial charge is 0.497 e. The Kier molecular flexibility index (Phi) is 5.30. The van der Waals surface area contributed by atoms with Crippen LogP contribution in [-0.2, 0) is 0 Å². The number of methoxy groups -OCH3 is 1. The van der Waals surface area contributed by atoms with Crippen LogP contribution < -0.4 is 14.8 Å². The number of hydrogen-bond acceptors (Lipinski definition) is 4. The van der Waals surface area contributed by atoms with Gasteiger partial charge in [0.2, 0.25) is 0 Å². The van der Waals surface area contributed by atoms with Gasteiger partial charge in [-0.05, 0) is 74.7 Å². The van der Waals surface area contributed by atoms with Crippen LogP contribution in [0.4, 0.5) is 0 Å². The van der Waals surface area contributed by atoms with E-state index in [1.54, 1.807) is 7.11 Å². The fourth-order valence-electron chi connectivity index (χ4n) is 4.04. The molecule has 0 aromatic heterocycles. The molecule has 5 heteroatoms. The highest BCUT2D eigenvalue weighted by atomic mass is 16.5. The molecule has 1 unspecified atom stereocenters. The van der Waals surface area contributed by atoms with E-state index in [0.717, 1.165) is 24.6 Å². The summed E-state index contributed by atoms with van der Waals surface area (Å²) in [6, 6.07) is 15.0. The first-order valence-corrected chi connectivity index (χ1v) is 9.65. The number of rotatable bonds is 5. The van der Waals surface area contributed by atoms with Gasteiger partial charge in [0.25, 0.3) is 5.91 Å². The molecule has 5 rings (SSSR count). The smallest absolute Gasteiger partial charge is 0.251 e. The molecule has 0 saturated carbocycles. The van der Waals surface area contributed by atoms with Gasteiger partial charge in [-0.1, -0.05) is 6.07 Å². The molecular formula is C22H26N2O3. The number of carbonyl (C=O) groups is 1. The first kappa shape index (κ1) is 17.9.